The zero-order valence-electron chi connectivity index (χ0n) is 12.7. The number of carbonyl (C=O) groups is 1. The Morgan fingerprint density at radius 1 is 1.33 bits per heavy atom. The molecule has 1 unspecified atom stereocenters. The normalized spacial score (nSPS) is 20.1. The van der Waals surface area contributed by atoms with Crippen molar-refractivity contribution in [2.75, 3.05) is 18.1 Å². The number of benzene rings is 1. The number of aromatic nitrogens is 1. The van der Waals surface area contributed by atoms with Gasteiger partial charge in [-0.1, -0.05) is 6.07 Å². The number of hydrogen-bond acceptors (Lipinski definition) is 5. The molecule has 0 saturated carbocycles. The molecule has 128 valence electrons. The van der Waals surface area contributed by atoms with Gasteiger partial charge in [-0.05, 0) is 19.1 Å². The second-order valence-corrected chi connectivity index (χ2v) is 8.68. The van der Waals surface area contributed by atoms with Gasteiger partial charge in [0.15, 0.2) is 9.84 Å². The van der Waals surface area contributed by atoms with Crippen LogP contribution in [-0.4, -0.2) is 48.3 Å². The fraction of sp³-hybridized carbons (Fsp3) is 0.333. The van der Waals surface area contributed by atoms with Crippen LogP contribution in [0.3, 0.4) is 0 Å². The van der Waals surface area contributed by atoms with E-state index in [2.05, 4.69) is 4.98 Å². The monoisotopic (exact) mass is 372 g/mol. The fourth-order valence-electron chi connectivity index (χ4n) is 2.64. The molecule has 0 spiro atoms. The molecule has 1 aromatic carbocycles. The SMILES string of the molecule is CC1CS(=O)(=O)CCN1C(=O)c1csc(-c2c(F)cccc2F)n1. The van der Waals surface area contributed by atoms with Crippen molar-refractivity contribution in [3.8, 4) is 10.6 Å². The number of carbonyl (C=O) groups excluding carboxylic acids is 1. The Morgan fingerprint density at radius 3 is 2.62 bits per heavy atom. The molecule has 9 heteroatoms. The van der Waals surface area contributed by atoms with E-state index in [-0.39, 0.29) is 34.3 Å². The maximum absolute atomic E-state index is 13.8. The van der Waals surface area contributed by atoms with E-state index in [1.807, 2.05) is 0 Å². The summed E-state index contributed by atoms with van der Waals surface area (Å²) in [5.74, 6) is -2.13. The van der Waals surface area contributed by atoms with Crippen LogP contribution in [0.2, 0.25) is 0 Å². The number of rotatable bonds is 2. The van der Waals surface area contributed by atoms with Crippen LogP contribution in [0.4, 0.5) is 8.78 Å². The minimum atomic E-state index is -3.14. The Morgan fingerprint density at radius 2 is 2.00 bits per heavy atom. The first-order valence-corrected chi connectivity index (χ1v) is 9.90. The first-order chi connectivity index (χ1) is 11.3. The van der Waals surface area contributed by atoms with E-state index in [0.717, 1.165) is 23.5 Å². The lowest BCUT2D eigenvalue weighted by molar-refractivity contribution is 0.0707. The molecule has 2 aromatic rings. The van der Waals surface area contributed by atoms with Crippen molar-refractivity contribution in [2.45, 2.75) is 13.0 Å². The molecule has 3 rings (SSSR count). The Bertz CT molecular complexity index is 876. The van der Waals surface area contributed by atoms with Gasteiger partial charge in [-0.15, -0.1) is 11.3 Å². The molecule has 0 radical (unpaired) electrons. The average molecular weight is 372 g/mol. The van der Waals surface area contributed by atoms with Crippen LogP contribution in [0.5, 0.6) is 0 Å². The van der Waals surface area contributed by atoms with Crippen LogP contribution in [0, 0.1) is 11.6 Å². The lowest BCUT2D eigenvalue weighted by Crippen LogP contribution is -2.49. The predicted octanol–water partition coefficient (Wildman–Crippen LogP) is 2.35. The summed E-state index contributed by atoms with van der Waals surface area (Å²) >= 11 is 0.967. The number of halogens is 2. The third-order valence-electron chi connectivity index (χ3n) is 3.83. The first-order valence-electron chi connectivity index (χ1n) is 7.20. The van der Waals surface area contributed by atoms with Crippen LogP contribution in [0.15, 0.2) is 23.6 Å². The number of thiazole rings is 1. The molecule has 2 heterocycles. The molecule has 0 aliphatic carbocycles. The summed E-state index contributed by atoms with van der Waals surface area (Å²) < 4.78 is 50.8. The van der Waals surface area contributed by atoms with Crippen molar-refractivity contribution in [3.63, 3.8) is 0 Å². The van der Waals surface area contributed by atoms with Gasteiger partial charge in [0.1, 0.15) is 22.3 Å². The molecule has 1 atom stereocenters. The zero-order chi connectivity index (χ0) is 17.5. The highest BCUT2D eigenvalue weighted by molar-refractivity contribution is 7.91. The summed E-state index contributed by atoms with van der Waals surface area (Å²) in [6.45, 7) is 1.74. The summed E-state index contributed by atoms with van der Waals surface area (Å²) in [7, 11) is -3.14. The van der Waals surface area contributed by atoms with E-state index in [4.69, 9.17) is 0 Å². The Labute approximate surface area is 141 Å². The Balaban J connectivity index is 1.87. The largest absolute Gasteiger partial charge is 0.333 e. The molecule has 1 aliphatic rings. The van der Waals surface area contributed by atoms with E-state index >= 15 is 0 Å². The summed E-state index contributed by atoms with van der Waals surface area (Å²) in [5.41, 5.74) is -0.209. The van der Waals surface area contributed by atoms with Gasteiger partial charge in [0.25, 0.3) is 5.91 Å². The van der Waals surface area contributed by atoms with E-state index in [1.54, 1.807) is 6.92 Å². The van der Waals surface area contributed by atoms with Gasteiger partial charge in [0, 0.05) is 18.0 Å². The highest BCUT2D eigenvalue weighted by Crippen LogP contribution is 2.29. The van der Waals surface area contributed by atoms with Crippen molar-refractivity contribution < 1.29 is 22.0 Å². The summed E-state index contributed by atoms with van der Waals surface area (Å²) in [6, 6.07) is 3.04. The second-order valence-electron chi connectivity index (χ2n) is 5.60. The van der Waals surface area contributed by atoms with Gasteiger partial charge in [-0.2, -0.15) is 0 Å². The highest BCUT2D eigenvalue weighted by Gasteiger charge is 2.32. The van der Waals surface area contributed by atoms with E-state index in [1.165, 1.54) is 16.3 Å². The van der Waals surface area contributed by atoms with E-state index in [0.29, 0.717) is 0 Å². The van der Waals surface area contributed by atoms with Gasteiger partial charge >= 0.3 is 0 Å². The Hall–Kier alpha value is -1.87. The molecular weight excluding hydrogens is 358 g/mol. The van der Waals surface area contributed by atoms with Gasteiger partial charge in [0.2, 0.25) is 0 Å². The maximum Gasteiger partial charge on any atom is 0.273 e. The summed E-state index contributed by atoms with van der Waals surface area (Å²) in [5, 5.41) is 1.51. The van der Waals surface area contributed by atoms with Gasteiger partial charge in [-0.3, -0.25) is 4.79 Å². The molecule has 1 amide bonds. The van der Waals surface area contributed by atoms with Crippen LogP contribution >= 0.6 is 11.3 Å². The summed E-state index contributed by atoms with van der Waals surface area (Å²) in [6.07, 6.45) is 0. The van der Waals surface area contributed by atoms with Crippen molar-refractivity contribution in [2.24, 2.45) is 0 Å². The third-order valence-corrected chi connectivity index (χ3v) is 6.49. The Kier molecular flexibility index (Phi) is 4.39. The van der Waals surface area contributed by atoms with Crippen LogP contribution in [-0.2, 0) is 9.84 Å². The van der Waals surface area contributed by atoms with Gasteiger partial charge in [-0.25, -0.2) is 22.2 Å². The molecule has 1 aromatic heterocycles. The van der Waals surface area contributed by atoms with Crippen molar-refractivity contribution in [3.05, 3.63) is 40.9 Å². The minimum absolute atomic E-state index is 0.0591. The van der Waals surface area contributed by atoms with Crippen LogP contribution in [0.1, 0.15) is 17.4 Å². The van der Waals surface area contributed by atoms with Crippen LogP contribution in [0.25, 0.3) is 10.6 Å². The third kappa shape index (κ3) is 3.18. The van der Waals surface area contributed by atoms with Crippen molar-refractivity contribution >= 4 is 27.1 Å². The maximum atomic E-state index is 13.8. The molecule has 0 N–H and O–H groups in total. The lowest BCUT2D eigenvalue weighted by atomic mass is 10.2. The van der Waals surface area contributed by atoms with Gasteiger partial charge < -0.3 is 4.90 Å². The number of hydrogen-bond donors (Lipinski definition) is 0. The quantitative estimate of drug-likeness (QED) is 0.812. The van der Waals surface area contributed by atoms with E-state index < -0.39 is 33.4 Å². The predicted molar refractivity (Wildman–Crippen MR) is 86.6 cm³/mol. The smallest absolute Gasteiger partial charge is 0.273 e. The van der Waals surface area contributed by atoms with E-state index in [9.17, 15) is 22.0 Å². The lowest BCUT2D eigenvalue weighted by Gasteiger charge is -2.32. The molecule has 1 aliphatic heterocycles. The molecular formula is C15H14F2N2O3S2. The van der Waals surface area contributed by atoms with Gasteiger partial charge in [0.05, 0.1) is 17.1 Å². The standard InChI is InChI=1S/C15H14F2N2O3S2/c1-9-8-24(21,22)6-5-19(9)15(20)12-7-23-14(18-12)13-10(16)3-2-4-11(13)17/h2-4,7,9H,5-6,8H2,1H3. The minimum Gasteiger partial charge on any atom is -0.333 e. The molecule has 24 heavy (non-hydrogen) atoms. The van der Waals surface area contributed by atoms with Crippen LogP contribution < -0.4 is 0 Å². The van der Waals surface area contributed by atoms with Crippen molar-refractivity contribution in [1.29, 1.82) is 0 Å². The number of nitrogens with zero attached hydrogens (tertiary/aromatic N) is 2. The molecule has 1 saturated heterocycles. The second kappa shape index (κ2) is 6.21. The highest BCUT2D eigenvalue weighted by atomic mass is 32.2. The average Bonchev–Trinajstić information content (AvgIpc) is 2.95. The topological polar surface area (TPSA) is 67.3 Å². The molecule has 0 bridgehead atoms. The number of amides is 1. The summed E-state index contributed by atoms with van der Waals surface area (Å²) in [4.78, 5) is 18.0. The van der Waals surface area contributed by atoms with Crippen molar-refractivity contribution in [1.82, 2.24) is 9.88 Å². The zero-order valence-corrected chi connectivity index (χ0v) is 14.3. The fourth-order valence-corrected chi connectivity index (χ4v) is 5.03. The number of sulfone groups is 1. The molecule has 1 fully saturated rings. The first kappa shape index (κ1) is 17.0. The molecule has 5 nitrogen and oxygen atoms in total.